The Balaban J connectivity index is 2.00. The van der Waals surface area contributed by atoms with Crippen LogP contribution in [-0.4, -0.2) is 12.3 Å². The van der Waals surface area contributed by atoms with Gasteiger partial charge in [0.15, 0.2) is 17.4 Å². The first-order chi connectivity index (χ1) is 9.18. The van der Waals surface area contributed by atoms with Gasteiger partial charge >= 0.3 is 0 Å². The van der Waals surface area contributed by atoms with Crippen molar-refractivity contribution >= 4 is 11.5 Å². The lowest BCUT2D eigenvalue weighted by atomic mass is 9.92. The molecule has 0 saturated heterocycles. The molecule has 19 heavy (non-hydrogen) atoms. The third-order valence-corrected chi connectivity index (χ3v) is 3.37. The predicted molar refractivity (Wildman–Crippen MR) is 68.4 cm³/mol. The molecule has 0 spiro atoms. The Morgan fingerprint density at radius 2 is 1.89 bits per heavy atom. The molecule has 0 saturated carbocycles. The number of hydrogen-bond donors (Lipinski definition) is 1. The zero-order valence-corrected chi connectivity index (χ0v) is 9.99. The van der Waals surface area contributed by atoms with E-state index in [1.165, 1.54) is 12.1 Å². The molecular weight excluding hydrogens is 248 g/mol. The van der Waals surface area contributed by atoms with E-state index in [0.717, 1.165) is 17.3 Å². The molecular formula is C15H11F2NO. The molecule has 1 unspecified atom stereocenters. The lowest BCUT2D eigenvalue weighted by molar-refractivity contribution is 0.0961. The van der Waals surface area contributed by atoms with Gasteiger partial charge in [0.2, 0.25) is 0 Å². The van der Waals surface area contributed by atoms with Gasteiger partial charge in [-0.25, -0.2) is 8.78 Å². The van der Waals surface area contributed by atoms with E-state index < -0.39 is 23.3 Å². The number of fused-ring (bicyclic) bond motifs is 1. The number of rotatable bonds is 2. The number of hydrogen-bond acceptors (Lipinski definition) is 2. The van der Waals surface area contributed by atoms with Crippen molar-refractivity contribution in [3.05, 3.63) is 65.2 Å². The maximum atomic E-state index is 13.7. The van der Waals surface area contributed by atoms with Crippen molar-refractivity contribution in [3.63, 3.8) is 0 Å². The van der Waals surface area contributed by atoms with Crippen LogP contribution in [0, 0.1) is 11.6 Å². The minimum absolute atomic E-state index is 0.191. The number of halogens is 2. The molecule has 3 rings (SSSR count). The molecule has 1 heterocycles. The van der Waals surface area contributed by atoms with Gasteiger partial charge in [0.25, 0.3) is 0 Å². The van der Waals surface area contributed by atoms with E-state index in [2.05, 4.69) is 5.32 Å². The van der Waals surface area contributed by atoms with E-state index in [1.54, 1.807) is 0 Å². The molecule has 0 fully saturated rings. The molecule has 1 atom stereocenters. The van der Waals surface area contributed by atoms with Crippen molar-refractivity contribution in [2.45, 2.75) is 5.92 Å². The fourth-order valence-electron chi connectivity index (χ4n) is 2.40. The predicted octanol–water partition coefficient (Wildman–Crippen LogP) is 3.36. The molecule has 2 aromatic carbocycles. The molecule has 4 heteroatoms. The zero-order valence-electron chi connectivity index (χ0n) is 9.99. The van der Waals surface area contributed by atoms with Crippen LogP contribution in [0.25, 0.3) is 0 Å². The lowest BCUT2D eigenvalue weighted by Crippen LogP contribution is -2.16. The first-order valence-corrected chi connectivity index (χ1v) is 5.99. The van der Waals surface area contributed by atoms with Gasteiger partial charge in [-0.3, -0.25) is 4.79 Å². The Kier molecular flexibility index (Phi) is 2.78. The maximum absolute atomic E-state index is 13.7. The minimum Gasteiger partial charge on any atom is -0.384 e. The molecule has 96 valence electrons. The number of carbonyl (C=O) groups excluding carboxylic acids is 1. The fraction of sp³-hybridized carbons (Fsp3) is 0.133. The van der Waals surface area contributed by atoms with Gasteiger partial charge in [-0.05, 0) is 23.8 Å². The van der Waals surface area contributed by atoms with Crippen molar-refractivity contribution in [1.82, 2.24) is 0 Å². The van der Waals surface area contributed by atoms with Crippen LogP contribution in [0.2, 0.25) is 0 Å². The Bertz CT molecular complexity index is 654. The Labute approximate surface area is 109 Å². The molecule has 2 aromatic rings. The van der Waals surface area contributed by atoms with Gasteiger partial charge in [0.1, 0.15) is 0 Å². The summed E-state index contributed by atoms with van der Waals surface area (Å²) in [7, 11) is 0. The van der Waals surface area contributed by atoms with Gasteiger partial charge in [0, 0.05) is 12.2 Å². The number of benzene rings is 2. The van der Waals surface area contributed by atoms with Crippen LogP contribution in [0.5, 0.6) is 0 Å². The normalized spacial score (nSPS) is 16.8. The van der Waals surface area contributed by atoms with E-state index in [9.17, 15) is 13.6 Å². The number of Topliss-reactive ketones (excluding diaryl/α,β-unsaturated/α-hetero) is 1. The van der Waals surface area contributed by atoms with Gasteiger partial charge < -0.3 is 5.32 Å². The number of carbonyl (C=O) groups is 1. The fourth-order valence-corrected chi connectivity index (χ4v) is 2.40. The van der Waals surface area contributed by atoms with Gasteiger partial charge in [-0.1, -0.05) is 24.3 Å². The average molecular weight is 259 g/mol. The second-order valence-electron chi connectivity index (χ2n) is 4.49. The van der Waals surface area contributed by atoms with Crippen molar-refractivity contribution in [2.24, 2.45) is 0 Å². The highest BCUT2D eigenvalue weighted by molar-refractivity contribution is 6.03. The molecule has 2 nitrogen and oxygen atoms in total. The molecule has 1 aliphatic rings. The first kappa shape index (κ1) is 11.8. The van der Waals surface area contributed by atoms with Crippen LogP contribution in [0.3, 0.4) is 0 Å². The third-order valence-electron chi connectivity index (χ3n) is 3.37. The Hall–Kier alpha value is -2.23. The second-order valence-corrected chi connectivity index (χ2v) is 4.49. The summed E-state index contributed by atoms with van der Waals surface area (Å²) in [5.74, 6) is -2.93. The summed E-state index contributed by atoms with van der Waals surface area (Å²) >= 11 is 0. The van der Waals surface area contributed by atoms with Crippen molar-refractivity contribution in [1.29, 1.82) is 0 Å². The lowest BCUT2D eigenvalue weighted by Gasteiger charge is -2.10. The monoisotopic (exact) mass is 259 g/mol. The molecule has 0 radical (unpaired) electrons. The van der Waals surface area contributed by atoms with E-state index >= 15 is 0 Å². The molecule has 0 bridgehead atoms. The minimum atomic E-state index is -1.07. The van der Waals surface area contributed by atoms with Crippen molar-refractivity contribution < 1.29 is 13.6 Å². The maximum Gasteiger partial charge on any atom is 0.175 e. The summed E-state index contributed by atoms with van der Waals surface area (Å²) in [6.45, 7) is 0.411. The highest BCUT2D eigenvalue weighted by atomic mass is 19.2. The summed E-state index contributed by atoms with van der Waals surface area (Å²) in [6, 6.07) is 11.1. The summed E-state index contributed by atoms with van der Waals surface area (Å²) in [5, 5.41) is 3.10. The largest absolute Gasteiger partial charge is 0.384 e. The van der Waals surface area contributed by atoms with Crippen molar-refractivity contribution in [2.75, 3.05) is 11.9 Å². The number of ketones is 1. The summed E-state index contributed by atoms with van der Waals surface area (Å²) in [5.41, 5.74) is 1.51. The average Bonchev–Trinajstić information content (AvgIpc) is 2.85. The van der Waals surface area contributed by atoms with Gasteiger partial charge in [-0.2, -0.15) is 0 Å². The van der Waals surface area contributed by atoms with Crippen LogP contribution >= 0.6 is 0 Å². The molecule has 0 aliphatic carbocycles. The zero-order chi connectivity index (χ0) is 13.4. The van der Waals surface area contributed by atoms with Crippen LogP contribution in [0.1, 0.15) is 21.8 Å². The van der Waals surface area contributed by atoms with E-state index in [-0.39, 0.29) is 5.56 Å². The molecule has 0 amide bonds. The van der Waals surface area contributed by atoms with E-state index in [0.29, 0.717) is 6.54 Å². The van der Waals surface area contributed by atoms with Crippen LogP contribution in [0.4, 0.5) is 14.5 Å². The molecule has 1 N–H and O–H groups in total. The van der Waals surface area contributed by atoms with Crippen molar-refractivity contribution in [3.8, 4) is 0 Å². The van der Waals surface area contributed by atoms with Crippen LogP contribution < -0.4 is 5.32 Å². The molecule has 0 aromatic heterocycles. The second kappa shape index (κ2) is 4.46. The Morgan fingerprint density at radius 3 is 2.74 bits per heavy atom. The molecule has 1 aliphatic heterocycles. The summed E-state index contributed by atoms with van der Waals surface area (Å²) in [4.78, 5) is 12.3. The smallest absolute Gasteiger partial charge is 0.175 e. The van der Waals surface area contributed by atoms with E-state index in [1.807, 2.05) is 24.3 Å². The third kappa shape index (κ3) is 1.89. The SMILES string of the molecule is O=C(c1cccc(F)c1F)C1CNc2ccccc21. The highest BCUT2D eigenvalue weighted by Gasteiger charge is 2.30. The van der Waals surface area contributed by atoms with Gasteiger partial charge in [-0.15, -0.1) is 0 Å². The summed E-state index contributed by atoms with van der Waals surface area (Å²) < 4.78 is 26.8. The van der Waals surface area contributed by atoms with E-state index in [4.69, 9.17) is 0 Å². The highest BCUT2D eigenvalue weighted by Crippen LogP contribution is 2.33. The quantitative estimate of drug-likeness (QED) is 0.838. The van der Waals surface area contributed by atoms with Crippen LogP contribution in [-0.2, 0) is 0 Å². The number of anilines is 1. The number of nitrogens with one attached hydrogen (secondary N) is 1. The standard InChI is InChI=1S/C15H11F2NO/c16-12-6-3-5-10(14(12)17)15(19)11-8-18-13-7-2-1-4-9(11)13/h1-7,11,18H,8H2. The number of para-hydroxylation sites is 1. The Morgan fingerprint density at radius 1 is 1.11 bits per heavy atom. The topological polar surface area (TPSA) is 29.1 Å². The first-order valence-electron chi connectivity index (χ1n) is 5.99. The van der Waals surface area contributed by atoms with Gasteiger partial charge in [0.05, 0.1) is 11.5 Å². The van der Waals surface area contributed by atoms with Crippen LogP contribution in [0.15, 0.2) is 42.5 Å². The summed E-state index contributed by atoms with van der Waals surface area (Å²) in [6.07, 6.45) is 0.